The van der Waals surface area contributed by atoms with Crippen LogP contribution in [0.4, 0.5) is 9.18 Å². The molecule has 1 unspecified atom stereocenters. The van der Waals surface area contributed by atoms with Crippen LogP contribution in [0, 0.1) is 5.82 Å². The second kappa shape index (κ2) is 7.43. The molecule has 2 heterocycles. The number of hydrogen-bond acceptors (Lipinski definition) is 7. The molecule has 0 aliphatic carbocycles. The predicted octanol–water partition coefficient (Wildman–Crippen LogP) is 3.78. The largest absolute Gasteiger partial charge is 0.513 e. The van der Waals surface area contributed by atoms with Crippen LogP contribution in [-0.4, -0.2) is 23.6 Å². The number of nitrogens with zero attached hydrogens (tertiary/aromatic N) is 2. The Morgan fingerprint density at radius 3 is 2.96 bits per heavy atom. The second-order valence-corrected chi connectivity index (χ2v) is 5.93. The third-order valence-corrected chi connectivity index (χ3v) is 4.06. The van der Waals surface area contributed by atoms with Crippen molar-refractivity contribution in [3.05, 3.63) is 63.7 Å². The van der Waals surface area contributed by atoms with Crippen molar-refractivity contribution in [3.63, 3.8) is 0 Å². The highest BCUT2D eigenvalue weighted by atomic mass is 32.1. The number of ether oxygens (including phenoxy) is 2. The number of aliphatic imine (C=N–C) groups is 1. The van der Waals surface area contributed by atoms with Gasteiger partial charge in [0, 0.05) is 5.38 Å². The first-order valence-electron chi connectivity index (χ1n) is 7.62. The predicted molar refractivity (Wildman–Crippen MR) is 91.7 cm³/mol. The number of allylic oxidation sites excluding steroid dienone is 1. The van der Waals surface area contributed by atoms with E-state index in [4.69, 9.17) is 9.47 Å². The average Bonchev–Trinajstić information content (AvgIpc) is 3.11. The van der Waals surface area contributed by atoms with E-state index in [-0.39, 0.29) is 12.4 Å². The van der Waals surface area contributed by atoms with Gasteiger partial charge in [-0.1, -0.05) is 12.1 Å². The van der Waals surface area contributed by atoms with Crippen LogP contribution < -0.4 is 5.32 Å². The fourth-order valence-corrected chi connectivity index (χ4v) is 2.93. The van der Waals surface area contributed by atoms with Gasteiger partial charge in [-0.3, -0.25) is 0 Å². The van der Waals surface area contributed by atoms with E-state index in [1.807, 2.05) is 5.38 Å². The van der Waals surface area contributed by atoms with Crippen LogP contribution >= 0.6 is 11.3 Å². The minimum atomic E-state index is -0.827. The molecule has 0 saturated carbocycles. The van der Waals surface area contributed by atoms with Gasteiger partial charge in [0.05, 0.1) is 17.8 Å². The number of thiazole rings is 1. The molecule has 2 aromatic rings. The third kappa shape index (κ3) is 3.85. The van der Waals surface area contributed by atoms with Gasteiger partial charge < -0.3 is 14.8 Å². The summed E-state index contributed by atoms with van der Waals surface area (Å²) in [6, 6.07) is 5.33. The zero-order valence-corrected chi connectivity index (χ0v) is 14.5. The molecule has 1 atom stereocenters. The van der Waals surface area contributed by atoms with Crippen LogP contribution in [0.25, 0.3) is 0 Å². The molecule has 1 aromatic carbocycles. The van der Waals surface area contributed by atoms with Crippen LogP contribution in [0.3, 0.4) is 0 Å². The number of halogens is 1. The fourth-order valence-electron chi connectivity index (χ4n) is 2.40. The molecule has 8 heteroatoms. The molecule has 0 bridgehead atoms. The van der Waals surface area contributed by atoms with Gasteiger partial charge in [-0.15, -0.1) is 11.3 Å². The van der Waals surface area contributed by atoms with Crippen molar-refractivity contribution in [2.45, 2.75) is 19.9 Å². The number of benzene rings is 1. The maximum Gasteiger partial charge on any atom is 0.513 e. The first-order chi connectivity index (χ1) is 12.1. The van der Waals surface area contributed by atoms with E-state index in [9.17, 15) is 9.18 Å². The van der Waals surface area contributed by atoms with E-state index >= 15 is 0 Å². The quantitative estimate of drug-likeness (QED) is 0.839. The Balaban J connectivity index is 2.00. The van der Waals surface area contributed by atoms with Crippen molar-refractivity contribution in [2.24, 2.45) is 4.99 Å². The fraction of sp³-hybridized carbons (Fsp3) is 0.235. The summed E-state index contributed by atoms with van der Waals surface area (Å²) in [7, 11) is 0. The Labute approximate surface area is 148 Å². The normalized spacial score (nSPS) is 16.9. The van der Waals surface area contributed by atoms with Crippen molar-refractivity contribution < 1.29 is 18.7 Å². The molecule has 25 heavy (non-hydrogen) atoms. The molecule has 0 radical (unpaired) electrons. The number of carbonyl (C=O) groups is 1. The molecule has 1 aromatic heterocycles. The Morgan fingerprint density at radius 2 is 2.28 bits per heavy atom. The smallest absolute Gasteiger partial charge is 0.434 e. The van der Waals surface area contributed by atoms with Crippen molar-refractivity contribution in [2.75, 3.05) is 6.61 Å². The van der Waals surface area contributed by atoms with Gasteiger partial charge in [-0.05, 0) is 31.5 Å². The van der Waals surface area contributed by atoms with Gasteiger partial charge in [-0.2, -0.15) is 0 Å². The average molecular weight is 361 g/mol. The highest BCUT2D eigenvalue weighted by Gasteiger charge is 2.29. The Kier molecular flexibility index (Phi) is 5.08. The van der Waals surface area contributed by atoms with Crippen molar-refractivity contribution >= 4 is 23.3 Å². The number of nitrogens with one attached hydrogen (secondary N) is 1. The lowest BCUT2D eigenvalue weighted by Gasteiger charge is -2.25. The lowest BCUT2D eigenvalue weighted by molar-refractivity contribution is 0.0763. The van der Waals surface area contributed by atoms with Gasteiger partial charge in [0.2, 0.25) is 0 Å². The molecule has 0 fully saturated rings. The first kappa shape index (κ1) is 17.1. The summed E-state index contributed by atoms with van der Waals surface area (Å²) in [5.41, 5.74) is 3.51. The molecule has 1 aliphatic rings. The molecule has 1 aliphatic heterocycles. The van der Waals surface area contributed by atoms with E-state index in [1.165, 1.54) is 23.5 Å². The summed E-state index contributed by atoms with van der Waals surface area (Å²) in [5.74, 6) is 0.404. The summed E-state index contributed by atoms with van der Waals surface area (Å²) in [4.78, 5) is 20.6. The molecule has 0 spiro atoms. The van der Waals surface area contributed by atoms with Gasteiger partial charge >= 0.3 is 6.16 Å². The first-order valence-corrected chi connectivity index (χ1v) is 8.57. The SMILES string of the molecule is CCOC(=O)OC1=C(C)NC(c2cscn2)=NC1c1cccc(F)c1. The summed E-state index contributed by atoms with van der Waals surface area (Å²) in [6.45, 7) is 3.63. The molecule has 130 valence electrons. The monoisotopic (exact) mass is 361 g/mol. The van der Waals surface area contributed by atoms with Crippen molar-refractivity contribution in [1.82, 2.24) is 10.3 Å². The van der Waals surface area contributed by atoms with Crippen LogP contribution in [-0.2, 0) is 9.47 Å². The number of carbonyl (C=O) groups excluding carboxylic acids is 1. The molecule has 0 amide bonds. The maximum atomic E-state index is 13.7. The van der Waals surface area contributed by atoms with Crippen LogP contribution in [0.2, 0.25) is 0 Å². The Hall–Kier alpha value is -2.74. The topological polar surface area (TPSA) is 72.8 Å². The highest BCUT2D eigenvalue weighted by molar-refractivity contribution is 7.07. The minimum absolute atomic E-state index is 0.191. The zero-order chi connectivity index (χ0) is 17.8. The summed E-state index contributed by atoms with van der Waals surface area (Å²) < 4.78 is 23.8. The lowest BCUT2D eigenvalue weighted by atomic mass is 10.0. The molecule has 0 saturated heterocycles. The molecule has 6 nitrogen and oxygen atoms in total. The van der Waals surface area contributed by atoms with E-state index < -0.39 is 18.0 Å². The van der Waals surface area contributed by atoms with Crippen molar-refractivity contribution in [3.8, 4) is 0 Å². The number of amidine groups is 1. The second-order valence-electron chi connectivity index (χ2n) is 5.21. The molecule has 3 rings (SSSR count). The van der Waals surface area contributed by atoms with E-state index in [0.29, 0.717) is 22.8 Å². The summed E-state index contributed by atoms with van der Waals surface area (Å²) in [5, 5.41) is 4.92. The van der Waals surface area contributed by atoms with E-state index in [2.05, 4.69) is 15.3 Å². The zero-order valence-electron chi connectivity index (χ0n) is 13.7. The van der Waals surface area contributed by atoms with Gasteiger partial charge in [0.25, 0.3) is 0 Å². The number of hydrogen-bond donors (Lipinski definition) is 1. The van der Waals surface area contributed by atoms with Gasteiger partial charge in [-0.25, -0.2) is 19.2 Å². The summed E-state index contributed by atoms with van der Waals surface area (Å²) in [6.07, 6.45) is -0.827. The Bertz CT molecular complexity index is 833. The van der Waals surface area contributed by atoms with Crippen LogP contribution in [0.1, 0.15) is 31.1 Å². The lowest BCUT2D eigenvalue weighted by Crippen LogP contribution is -2.31. The van der Waals surface area contributed by atoms with Crippen LogP contribution in [0.5, 0.6) is 0 Å². The number of aromatic nitrogens is 1. The number of rotatable bonds is 4. The Morgan fingerprint density at radius 1 is 1.44 bits per heavy atom. The maximum absolute atomic E-state index is 13.7. The molecular weight excluding hydrogens is 345 g/mol. The summed E-state index contributed by atoms with van der Waals surface area (Å²) >= 11 is 1.44. The van der Waals surface area contributed by atoms with Crippen molar-refractivity contribution in [1.29, 1.82) is 0 Å². The minimum Gasteiger partial charge on any atom is -0.434 e. The standard InChI is InChI=1S/C17H16FN3O3S/c1-3-23-17(22)24-15-10(2)20-16(13-8-25-9-19-13)21-14(15)11-5-4-6-12(18)7-11/h4-9,14H,3H2,1-2H3,(H,20,21). The third-order valence-electron chi connectivity index (χ3n) is 3.48. The highest BCUT2D eigenvalue weighted by Crippen LogP contribution is 2.32. The van der Waals surface area contributed by atoms with E-state index in [0.717, 1.165) is 0 Å². The van der Waals surface area contributed by atoms with Crippen LogP contribution in [0.15, 0.2) is 51.6 Å². The molecule has 1 N–H and O–H groups in total. The van der Waals surface area contributed by atoms with Gasteiger partial charge in [0.1, 0.15) is 17.6 Å². The van der Waals surface area contributed by atoms with Gasteiger partial charge in [0.15, 0.2) is 11.6 Å². The van der Waals surface area contributed by atoms with E-state index in [1.54, 1.807) is 31.5 Å². The molecular formula is C17H16FN3O3S.